The Labute approximate surface area is 151 Å². The fraction of sp³-hybridized carbons (Fsp3) is 0.286. The third kappa shape index (κ3) is 3.86. The number of aryl methyl sites for hydroxylation is 1. The van der Waals surface area contributed by atoms with E-state index in [1.165, 1.54) is 20.8 Å². The lowest BCUT2D eigenvalue weighted by atomic mass is 10.1. The third-order valence-electron chi connectivity index (χ3n) is 3.88. The number of carbonyl (C=O) groups excluding carboxylic acids is 1. The molecule has 0 saturated carbocycles. The number of benzene rings is 1. The van der Waals surface area contributed by atoms with Crippen LogP contribution in [-0.4, -0.2) is 30.5 Å². The van der Waals surface area contributed by atoms with Crippen LogP contribution in [0.15, 0.2) is 18.3 Å². The van der Waals surface area contributed by atoms with Crippen molar-refractivity contribution in [3.8, 4) is 0 Å². The molecule has 2 aromatic rings. The Morgan fingerprint density at radius 1 is 1.04 bits per heavy atom. The molecule has 0 bridgehead atoms. The van der Waals surface area contributed by atoms with Crippen LogP contribution in [0, 0.1) is 44.2 Å². The zero-order valence-electron chi connectivity index (χ0n) is 14.4. The summed E-state index contributed by atoms with van der Waals surface area (Å²) >= 11 is 0. The van der Waals surface area contributed by atoms with Crippen LogP contribution in [0.4, 0.5) is 22.7 Å². The minimum absolute atomic E-state index is 0.112. The Morgan fingerprint density at radius 2 is 1.52 bits per heavy atom. The summed E-state index contributed by atoms with van der Waals surface area (Å²) in [5.41, 5.74) is -1.48. The first-order valence-electron chi connectivity index (χ1n) is 7.47. The summed E-state index contributed by atoms with van der Waals surface area (Å²) in [7, 11) is 0. The third-order valence-corrected chi connectivity index (χ3v) is 3.88. The molecule has 1 amide bonds. The van der Waals surface area contributed by atoms with Crippen molar-refractivity contribution in [2.75, 3.05) is 5.32 Å². The van der Waals surface area contributed by atoms with Crippen molar-refractivity contribution in [2.45, 2.75) is 26.8 Å². The van der Waals surface area contributed by atoms with E-state index >= 15 is 0 Å². The molecule has 0 aliphatic heterocycles. The molecular weight excluding hydrogens is 364 g/mol. The molecule has 0 spiro atoms. The number of nitrogens with zero attached hydrogens (tertiary/aromatic N) is 5. The molecule has 0 aliphatic carbocycles. The average Bonchev–Trinajstić information content (AvgIpc) is 2.96. The molecule has 1 heterocycles. The number of nitro benzene ring substituents is 2. The quantitative estimate of drug-likeness (QED) is 0.588. The highest BCUT2D eigenvalue weighted by atomic mass is 16.6. The van der Waals surface area contributed by atoms with E-state index in [1.807, 2.05) is 0 Å². The Balaban J connectivity index is 2.34. The van der Waals surface area contributed by atoms with Gasteiger partial charge in [-0.1, -0.05) is 0 Å². The molecule has 2 rings (SSSR count). The minimum Gasteiger partial charge on any atom is -0.324 e. The van der Waals surface area contributed by atoms with Gasteiger partial charge in [0.15, 0.2) is 0 Å². The van der Waals surface area contributed by atoms with Gasteiger partial charge in [-0.25, -0.2) is 0 Å². The molecule has 0 saturated heterocycles. The number of rotatable bonds is 6. The van der Waals surface area contributed by atoms with Crippen LogP contribution in [-0.2, 0) is 4.79 Å². The van der Waals surface area contributed by atoms with E-state index in [0.717, 1.165) is 23.0 Å². The highest BCUT2D eigenvalue weighted by Gasteiger charge is 2.26. The van der Waals surface area contributed by atoms with Crippen LogP contribution in [0.1, 0.15) is 24.2 Å². The lowest BCUT2D eigenvalue weighted by Gasteiger charge is -2.12. The van der Waals surface area contributed by atoms with E-state index in [1.54, 1.807) is 0 Å². The molecule has 0 radical (unpaired) electrons. The van der Waals surface area contributed by atoms with Crippen molar-refractivity contribution >= 4 is 28.7 Å². The second-order valence-electron chi connectivity index (χ2n) is 5.66. The van der Waals surface area contributed by atoms with E-state index in [0.29, 0.717) is 0 Å². The molecule has 1 N–H and O–H groups in total. The molecule has 1 unspecified atom stereocenters. The highest BCUT2D eigenvalue weighted by Crippen LogP contribution is 2.32. The van der Waals surface area contributed by atoms with Crippen molar-refractivity contribution in [3.05, 3.63) is 59.9 Å². The van der Waals surface area contributed by atoms with Crippen LogP contribution < -0.4 is 5.32 Å². The van der Waals surface area contributed by atoms with Crippen LogP contribution in [0.25, 0.3) is 0 Å². The largest absolute Gasteiger partial charge is 0.324 e. The van der Waals surface area contributed by atoms with Gasteiger partial charge in [0.25, 0.3) is 11.4 Å². The van der Waals surface area contributed by atoms with Gasteiger partial charge in [0.2, 0.25) is 5.91 Å². The Bertz CT molecular complexity index is 932. The topological polar surface area (TPSA) is 176 Å². The Hall–Kier alpha value is -3.90. The molecule has 1 atom stereocenters. The number of anilines is 1. The van der Waals surface area contributed by atoms with Gasteiger partial charge >= 0.3 is 5.69 Å². The molecule has 142 valence electrons. The molecule has 13 heteroatoms. The van der Waals surface area contributed by atoms with Gasteiger partial charge < -0.3 is 5.32 Å². The second kappa shape index (κ2) is 7.15. The molecule has 27 heavy (non-hydrogen) atoms. The standard InChI is InChI=1S/C14H14N6O7/c1-7-11(18(22)23)4-10(5-12(7)19(24)25)15-14(21)9(3)17-6-13(20(26)27)8(2)16-17/h4-6,9H,1-3H3,(H,15,21). The first kappa shape index (κ1) is 19.4. The summed E-state index contributed by atoms with van der Waals surface area (Å²) in [5, 5.41) is 39.3. The van der Waals surface area contributed by atoms with E-state index in [4.69, 9.17) is 0 Å². The number of amides is 1. The monoisotopic (exact) mass is 378 g/mol. The molecule has 1 aromatic heterocycles. The van der Waals surface area contributed by atoms with E-state index < -0.39 is 38.1 Å². The molecule has 13 nitrogen and oxygen atoms in total. The molecular formula is C14H14N6O7. The van der Waals surface area contributed by atoms with Crippen molar-refractivity contribution in [2.24, 2.45) is 0 Å². The minimum atomic E-state index is -1.00. The average molecular weight is 378 g/mol. The smallest absolute Gasteiger partial charge is 0.309 e. The maximum atomic E-state index is 12.4. The fourth-order valence-electron chi connectivity index (χ4n) is 2.35. The summed E-state index contributed by atoms with van der Waals surface area (Å²) in [6.45, 7) is 4.05. The van der Waals surface area contributed by atoms with Crippen molar-refractivity contribution in [3.63, 3.8) is 0 Å². The van der Waals surface area contributed by atoms with Gasteiger partial charge in [0.1, 0.15) is 23.5 Å². The zero-order valence-corrected chi connectivity index (χ0v) is 14.4. The Kier molecular flexibility index (Phi) is 5.14. The summed E-state index contributed by atoms with van der Waals surface area (Å²) < 4.78 is 1.07. The Morgan fingerprint density at radius 3 is 1.93 bits per heavy atom. The summed E-state index contributed by atoms with van der Waals surface area (Å²) in [6, 6.07) is 1.00. The van der Waals surface area contributed by atoms with E-state index in [-0.39, 0.29) is 22.6 Å². The van der Waals surface area contributed by atoms with Gasteiger partial charge in [-0.2, -0.15) is 5.10 Å². The summed E-state index contributed by atoms with van der Waals surface area (Å²) in [6.07, 6.45) is 1.08. The molecule has 1 aromatic carbocycles. The second-order valence-corrected chi connectivity index (χ2v) is 5.66. The predicted molar refractivity (Wildman–Crippen MR) is 91.4 cm³/mol. The number of hydrogen-bond acceptors (Lipinski definition) is 8. The summed E-state index contributed by atoms with van der Waals surface area (Å²) in [5.74, 6) is -0.708. The maximum absolute atomic E-state index is 12.4. The first-order chi connectivity index (χ1) is 12.5. The van der Waals surface area contributed by atoms with Gasteiger partial charge in [-0.15, -0.1) is 0 Å². The predicted octanol–water partition coefficient (Wildman–Crippen LogP) is 2.42. The zero-order chi connectivity index (χ0) is 20.5. The van der Waals surface area contributed by atoms with Gasteiger partial charge in [-0.3, -0.25) is 39.8 Å². The molecule has 0 fully saturated rings. The lowest BCUT2D eigenvalue weighted by molar-refractivity contribution is -0.395. The van der Waals surface area contributed by atoms with Crippen molar-refractivity contribution < 1.29 is 19.6 Å². The number of nitrogens with one attached hydrogen (secondary N) is 1. The van der Waals surface area contributed by atoms with Crippen LogP contribution >= 0.6 is 0 Å². The van der Waals surface area contributed by atoms with Crippen molar-refractivity contribution in [1.29, 1.82) is 0 Å². The number of aromatic nitrogens is 2. The molecule has 0 aliphatic rings. The number of carbonyl (C=O) groups is 1. The van der Waals surface area contributed by atoms with Crippen LogP contribution in [0.5, 0.6) is 0 Å². The van der Waals surface area contributed by atoms with Crippen molar-refractivity contribution in [1.82, 2.24) is 9.78 Å². The van der Waals surface area contributed by atoms with Crippen LogP contribution in [0.3, 0.4) is 0 Å². The van der Waals surface area contributed by atoms with Gasteiger partial charge in [0, 0.05) is 12.1 Å². The highest BCUT2D eigenvalue weighted by molar-refractivity contribution is 5.94. The first-order valence-corrected chi connectivity index (χ1v) is 7.47. The lowest BCUT2D eigenvalue weighted by Crippen LogP contribution is -2.24. The van der Waals surface area contributed by atoms with E-state index in [2.05, 4.69) is 10.4 Å². The summed E-state index contributed by atoms with van der Waals surface area (Å²) in [4.78, 5) is 43.2. The maximum Gasteiger partial charge on any atom is 0.309 e. The fourth-order valence-corrected chi connectivity index (χ4v) is 2.35. The number of nitro groups is 3. The van der Waals surface area contributed by atoms with Gasteiger partial charge in [0.05, 0.1) is 20.5 Å². The van der Waals surface area contributed by atoms with Gasteiger partial charge in [-0.05, 0) is 20.8 Å². The normalized spacial score (nSPS) is 11.7. The number of hydrogen-bond donors (Lipinski definition) is 1. The van der Waals surface area contributed by atoms with Crippen LogP contribution in [0.2, 0.25) is 0 Å². The SMILES string of the molecule is Cc1nn(C(C)C(=O)Nc2cc([N+](=O)[O-])c(C)c([N+](=O)[O-])c2)cc1[N+](=O)[O-]. The van der Waals surface area contributed by atoms with E-state index in [9.17, 15) is 35.1 Å².